The van der Waals surface area contributed by atoms with Gasteiger partial charge in [0.1, 0.15) is 5.75 Å². The molecule has 0 amide bonds. The first-order chi connectivity index (χ1) is 15.9. The number of thiophene rings is 1. The Balaban J connectivity index is 1.63. The molecule has 0 spiro atoms. The molecule has 3 aromatic heterocycles. The van der Waals surface area contributed by atoms with Gasteiger partial charge in [-0.3, -0.25) is 0 Å². The van der Waals surface area contributed by atoms with Crippen LogP contribution in [0.2, 0.25) is 0 Å². The van der Waals surface area contributed by atoms with Crippen LogP contribution in [0.1, 0.15) is 18.1 Å². The minimum absolute atomic E-state index is 0.168. The van der Waals surface area contributed by atoms with E-state index in [-0.39, 0.29) is 15.6 Å². The van der Waals surface area contributed by atoms with Gasteiger partial charge in [-0.05, 0) is 79.7 Å². The van der Waals surface area contributed by atoms with Gasteiger partial charge in [0.05, 0.1) is 21.7 Å². The van der Waals surface area contributed by atoms with Crippen LogP contribution < -0.4 is 10.1 Å². The first-order valence-electron chi connectivity index (χ1n) is 10.3. The van der Waals surface area contributed by atoms with Crippen molar-refractivity contribution in [1.29, 1.82) is 0 Å². The van der Waals surface area contributed by atoms with Crippen molar-refractivity contribution >= 4 is 48.5 Å². The first-order valence-corrected chi connectivity index (χ1v) is 12.7. The Hall–Kier alpha value is -3.50. The molecular formula is C23H21N5O3S2. The number of rotatable bonds is 6. The SMILES string of the molecule is CCOc1ccc(Nc2nc3c(S(=O)(=O)c4ccc(C)c(C)c4)nnn3c3ccsc23)cc1. The summed E-state index contributed by atoms with van der Waals surface area (Å²) in [6.07, 6.45) is 0. The fourth-order valence-electron chi connectivity index (χ4n) is 3.51. The van der Waals surface area contributed by atoms with Crippen LogP contribution in [-0.4, -0.2) is 34.8 Å². The molecule has 33 heavy (non-hydrogen) atoms. The number of ether oxygens (including phenoxy) is 1. The van der Waals surface area contributed by atoms with Crippen LogP contribution in [0.4, 0.5) is 11.5 Å². The molecule has 2 aromatic carbocycles. The third-order valence-corrected chi connectivity index (χ3v) is 7.95. The molecule has 0 bridgehead atoms. The molecule has 0 saturated heterocycles. The molecule has 0 atom stereocenters. The van der Waals surface area contributed by atoms with Gasteiger partial charge in [0.25, 0.3) is 0 Å². The van der Waals surface area contributed by atoms with Crippen molar-refractivity contribution < 1.29 is 13.2 Å². The van der Waals surface area contributed by atoms with Gasteiger partial charge in [-0.25, -0.2) is 13.4 Å². The van der Waals surface area contributed by atoms with Crippen molar-refractivity contribution in [2.75, 3.05) is 11.9 Å². The maximum absolute atomic E-state index is 13.4. The van der Waals surface area contributed by atoms with Crippen molar-refractivity contribution in [1.82, 2.24) is 19.8 Å². The van der Waals surface area contributed by atoms with Gasteiger partial charge in [-0.1, -0.05) is 11.3 Å². The zero-order chi connectivity index (χ0) is 23.2. The largest absolute Gasteiger partial charge is 0.494 e. The molecule has 0 aliphatic heterocycles. The Kier molecular flexibility index (Phi) is 5.26. The zero-order valence-electron chi connectivity index (χ0n) is 18.2. The van der Waals surface area contributed by atoms with Gasteiger partial charge < -0.3 is 10.1 Å². The van der Waals surface area contributed by atoms with Crippen LogP contribution in [0.15, 0.2) is 63.8 Å². The van der Waals surface area contributed by atoms with E-state index >= 15 is 0 Å². The highest BCUT2D eigenvalue weighted by atomic mass is 32.2. The van der Waals surface area contributed by atoms with Gasteiger partial charge in [0.15, 0.2) is 11.5 Å². The predicted molar refractivity (Wildman–Crippen MR) is 128 cm³/mol. The molecule has 0 unspecified atom stereocenters. The van der Waals surface area contributed by atoms with E-state index in [4.69, 9.17) is 4.74 Å². The lowest BCUT2D eigenvalue weighted by molar-refractivity contribution is 0.340. The van der Waals surface area contributed by atoms with Gasteiger partial charge in [0.2, 0.25) is 14.9 Å². The van der Waals surface area contributed by atoms with Crippen LogP contribution >= 0.6 is 11.3 Å². The van der Waals surface area contributed by atoms with E-state index in [9.17, 15) is 8.42 Å². The second-order valence-corrected chi connectivity index (χ2v) is 10.3. The summed E-state index contributed by atoms with van der Waals surface area (Å²) in [5, 5.41) is 13.2. The number of sulfone groups is 1. The van der Waals surface area contributed by atoms with E-state index in [0.717, 1.165) is 32.8 Å². The Morgan fingerprint density at radius 2 is 1.85 bits per heavy atom. The number of aromatic nitrogens is 4. The molecule has 10 heteroatoms. The van der Waals surface area contributed by atoms with Gasteiger partial charge >= 0.3 is 0 Å². The third kappa shape index (κ3) is 3.70. The number of fused-ring (bicyclic) bond motifs is 3. The molecule has 1 N–H and O–H groups in total. The number of anilines is 2. The highest BCUT2D eigenvalue weighted by Crippen LogP contribution is 2.33. The predicted octanol–water partition coefficient (Wildman–Crippen LogP) is 4.93. The minimum atomic E-state index is -3.91. The lowest BCUT2D eigenvalue weighted by Crippen LogP contribution is -2.06. The van der Waals surface area contributed by atoms with Crippen LogP contribution in [-0.2, 0) is 9.84 Å². The highest BCUT2D eigenvalue weighted by molar-refractivity contribution is 7.91. The summed E-state index contributed by atoms with van der Waals surface area (Å²) in [6.45, 7) is 6.34. The molecule has 3 heterocycles. The van der Waals surface area contributed by atoms with E-state index in [1.807, 2.05) is 56.5 Å². The summed E-state index contributed by atoms with van der Waals surface area (Å²) in [5.74, 6) is 1.31. The van der Waals surface area contributed by atoms with E-state index < -0.39 is 9.84 Å². The molecule has 5 aromatic rings. The second kappa shape index (κ2) is 8.13. The maximum Gasteiger partial charge on any atom is 0.229 e. The lowest BCUT2D eigenvalue weighted by atomic mass is 10.1. The topological polar surface area (TPSA) is 98.5 Å². The number of nitrogens with one attached hydrogen (secondary N) is 1. The summed E-state index contributed by atoms with van der Waals surface area (Å²) in [6, 6.07) is 14.4. The molecule has 0 aliphatic rings. The Morgan fingerprint density at radius 3 is 2.58 bits per heavy atom. The van der Waals surface area contributed by atoms with Crippen molar-refractivity contribution in [3.63, 3.8) is 0 Å². The smallest absolute Gasteiger partial charge is 0.229 e. The van der Waals surface area contributed by atoms with Crippen molar-refractivity contribution in [2.45, 2.75) is 30.7 Å². The number of aryl methyl sites for hydroxylation is 2. The normalized spacial score (nSPS) is 11.8. The number of hydrogen-bond acceptors (Lipinski definition) is 8. The van der Waals surface area contributed by atoms with Crippen LogP contribution in [0.5, 0.6) is 5.75 Å². The van der Waals surface area contributed by atoms with Crippen molar-refractivity contribution in [3.8, 4) is 5.75 Å². The van der Waals surface area contributed by atoms with Crippen LogP contribution in [0.25, 0.3) is 15.9 Å². The summed E-state index contributed by atoms with van der Waals surface area (Å²) in [4.78, 5) is 4.82. The van der Waals surface area contributed by atoms with Crippen LogP contribution in [0, 0.1) is 13.8 Å². The monoisotopic (exact) mass is 479 g/mol. The van der Waals surface area contributed by atoms with E-state index in [1.165, 1.54) is 15.9 Å². The summed E-state index contributed by atoms with van der Waals surface area (Å²) < 4.78 is 34.7. The van der Waals surface area contributed by atoms with E-state index in [2.05, 4.69) is 20.6 Å². The standard InChI is InChI=1S/C23H21N5O3S2/c1-4-31-17-8-6-16(7-9-17)24-21-20-19(11-12-32-20)28-22(25-21)23(26-27-28)33(29,30)18-10-5-14(2)15(3)13-18/h5-13H,4H2,1-3H3,(H,24,25). The molecule has 0 radical (unpaired) electrons. The zero-order valence-corrected chi connectivity index (χ0v) is 19.9. The van der Waals surface area contributed by atoms with Gasteiger partial charge in [-0.15, -0.1) is 16.4 Å². The third-order valence-electron chi connectivity index (χ3n) is 5.39. The molecule has 0 fully saturated rings. The molecule has 5 rings (SSSR count). The van der Waals surface area contributed by atoms with Crippen molar-refractivity contribution in [2.24, 2.45) is 0 Å². The number of hydrogen-bond donors (Lipinski definition) is 1. The summed E-state index contributed by atoms with van der Waals surface area (Å²) in [7, 11) is -3.91. The number of nitrogens with zero attached hydrogens (tertiary/aromatic N) is 4. The Bertz CT molecular complexity index is 1590. The summed E-state index contributed by atoms with van der Waals surface area (Å²) in [5.41, 5.74) is 3.61. The Morgan fingerprint density at radius 1 is 1.06 bits per heavy atom. The summed E-state index contributed by atoms with van der Waals surface area (Å²) >= 11 is 1.49. The lowest BCUT2D eigenvalue weighted by Gasteiger charge is -2.10. The fraction of sp³-hybridized carbons (Fsp3) is 0.174. The second-order valence-electron chi connectivity index (χ2n) is 7.56. The van der Waals surface area contributed by atoms with Gasteiger partial charge in [0, 0.05) is 5.69 Å². The molecule has 0 aliphatic carbocycles. The average Bonchev–Trinajstić information content (AvgIpc) is 3.44. The van der Waals surface area contributed by atoms with E-state index in [1.54, 1.807) is 18.2 Å². The van der Waals surface area contributed by atoms with Crippen molar-refractivity contribution in [3.05, 3.63) is 65.0 Å². The van der Waals surface area contributed by atoms with Gasteiger partial charge in [-0.2, -0.15) is 4.52 Å². The first kappa shape index (κ1) is 21.4. The molecule has 0 saturated carbocycles. The highest BCUT2D eigenvalue weighted by Gasteiger charge is 2.27. The average molecular weight is 480 g/mol. The molecule has 168 valence electrons. The van der Waals surface area contributed by atoms with E-state index in [0.29, 0.717) is 12.4 Å². The molecule has 8 nitrogen and oxygen atoms in total. The quantitative estimate of drug-likeness (QED) is 0.369. The maximum atomic E-state index is 13.4. The Labute approximate surface area is 194 Å². The fourth-order valence-corrected chi connectivity index (χ4v) is 5.65. The number of benzene rings is 2. The minimum Gasteiger partial charge on any atom is -0.494 e. The van der Waals surface area contributed by atoms with Crippen LogP contribution in [0.3, 0.4) is 0 Å². The molecular weight excluding hydrogens is 458 g/mol.